The maximum Gasteiger partial charge on any atom is 0.310 e. The Kier molecular flexibility index (Phi) is 4.45. The van der Waals surface area contributed by atoms with Gasteiger partial charge in [-0.05, 0) is 30.7 Å². The van der Waals surface area contributed by atoms with E-state index >= 15 is 0 Å². The van der Waals surface area contributed by atoms with E-state index in [2.05, 4.69) is 4.57 Å². The first-order valence-electron chi connectivity index (χ1n) is 6.20. The van der Waals surface area contributed by atoms with E-state index in [0.29, 0.717) is 11.6 Å². The van der Waals surface area contributed by atoms with Gasteiger partial charge in [0.25, 0.3) is 0 Å². The van der Waals surface area contributed by atoms with E-state index < -0.39 is 0 Å². The van der Waals surface area contributed by atoms with Crippen LogP contribution in [0.15, 0.2) is 24.4 Å². The van der Waals surface area contributed by atoms with Crippen molar-refractivity contribution in [1.29, 1.82) is 0 Å². The van der Waals surface area contributed by atoms with Crippen LogP contribution in [0.4, 0.5) is 0 Å². The predicted octanol–water partition coefficient (Wildman–Crippen LogP) is 2.36. The summed E-state index contributed by atoms with van der Waals surface area (Å²) in [4.78, 5) is 11.4. The number of carbonyl (C=O) groups is 1. The Bertz CT molecular complexity index is 592. The van der Waals surface area contributed by atoms with E-state index in [0.717, 1.165) is 29.4 Å². The largest absolute Gasteiger partial charge is 0.469 e. The van der Waals surface area contributed by atoms with Gasteiger partial charge in [-0.2, -0.15) is 0 Å². The van der Waals surface area contributed by atoms with Crippen molar-refractivity contribution in [3.63, 3.8) is 0 Å². The Morgan fingerprint density at radius 3 is 2.95 bits per heavy atom. The number of esters is 1. The molecule has 2 aromatic rings. The summed E-state index contributed by atoms with van der Waals surface area (Å²) in [6, 6.07) is 5.68. The number of aromatic nitrogens is 1. The molecule has 0 atom stereocenters. The Morgan fingerprint density at radius 1 is 1.47 bits per heavy atom. The van der Waals surface area contributed by atoms with Gasteiger partial charge >= 0.3 is 5.97 Å². The maximum absolute atomic E-state index is 11.4. The second-order valence-electron chi connectivity index (χ2n) is 4.40. The van der Waals surface area contributed by atoms with Crippen LogP contribution in [-0.2, 0) is 22.5 Å². The molecule has 0 aliphatic carbocycles. The number of halogens is 1. The van der Waals surface area contributed by atoms with Crippen LogP contribution < -0.4 is 5.73 Å². The van der Waals surface area contributed by atoms with Gasteiger partial charge < -0.3 is 15.0 Å². The molecule has 2 N–H and O–H groups in total. The van der Waals surface area contributed by atoms with Crippen LogP contribution in [0.3, 0.4) is 0 Å². The van der Waals surface area contributed by atoms with Gasteiger partial charge in [0.2, 0.25) is 0 Å². The Morgan fingerprint density at radius 2 is 2.26 bits per heavy atom. The van der Waals surface area contributed by atoms with Gasteiger partial charge in [0.15, 0.2) is 0 Å². The Labute approximate surface area is 117 Å². The highest BCUT2D eigenvalue weighted by molar-refractivity contribution is 6.31. The number of nitrogens with two attached hydrogens (primary N) is 1. The lowest BCUT2D eigenvalue weighted by Crippen LogP contribution is -2.05. The van der Waals surface area contributed by atoms with Crippen molar-refractivity contribution >= 4 is 28.5 Å². The highest BCUT2D eigenvalue weighted by Crippen LogP contribution is 2.25. The molecule has 2 rings (SSSR count). The highest BCUT2D eigenvalue weighted by atomic mass is 35.5. The normalized spacial score (nSPS) is 10.9. The van der Waals surface area contributed by atoms with Crippen molar-refractivity contribution in [1.82, 2.24) is 4.57 Å². The van der Waals surface area contributed by atoms with Crippen LogP contribution in [0.2, 0.25) is 5.02 Å². The number of carbonyl (C=O) groups excluding carboxylic acids is 1. The van der Waals surface area contributed by atoms with E-state index in [1.807, 2.05) is 24.4 Å². The molecule has 0 fully saturated rings. The molecule has 4 nitrogen and oxygen atoms in total. The topological polar surface area (TPSA) is 57.2 Å². The summed E-state index contributed by atoms with van der Waals surface area (Å²) in [6.07, 6.45) is 3.13. The lowest BCUT2D eigenvalue weighted by atomic mass is 10.1. The summed E-state index contributed by atoms with van der Waals surface area (Å²) >= 11 is 6.04. The predicted molar refractivity (Wildman–Crippen MR) is 76.3 cm³/mol. The van der Waals surface area contributed by atoms with E-state index in [1.165, 1.54) is 7.11 Å². The van der Waals surface area contributed by atoms with Crippen LogP contribution >= 0.6 is 11.6 Å². The summed E-state index contributed by atoms with van der Waals surface area (Å²) in [5.41, 5.74) is 7.53. The van der Waals surface area contributed by atoms with E-state index in [9.17, 15) is 4.79 Å². The molecular weight excluding hydrogens is 264 g/mol. The van der Waals surface area contributed by atoms with Crippen molar-refractivity contribution in [2.24, 2.45) is 5.73 Å². The number of fused-ring (bicyclic) bond motifs is 1. The first kappa shape index (κ1) is 13.9. The average molecular weight is 281 g/mol. The zero-order valence-electron chi connectivity index (χ0n) is 10.9. The van der Waals surface area contributed by atoms with Crippen molar-refractivity contribution in [2.75, 3.05) is 13.7 Å². The van der Waals surface area contributed by atoms with Crippen molar-refractivity contribution < 1.29 is 9.53 Å². The zero-order valence-corrected chi connectivity index (χ0v) is 11.6. The fourth-order valence-electron chi connectivity index (χ4n) is 2.16. The molecule has 0 aliphatic heterocycles. The van der Waals surface area contributed by atoms with Crippen molar-refractivity contribution in [3.8, 4) is 0 Å². The van der Waals surface area contributed by atoms with Crippen molar-refractivity contribution in [3.05, 3.63) is 35.0 Å². The summed E-state index contributed by atoms with van der Waals surface area (Å²) in [6.45, 7) is 1.45. The van der Waals surface area contributed by atoms with E-state index in [-0.39, 0.29) is 12.4 Å². The van der Waals surface area contributed by atoms with Gasteiger partial charge in [0.1, 0.15) is 0 Å². The molecule has 0 saturated carbocycles. The minimum Gasteiger partial charge on any atom is -0.469 e. The lowest BCUT2D eigenvalue weighted by Gasteiger charge is -2.03. The average Bonchev–Trinajstić information content (AvgIpc) is 2.73. The molecule has 0 unspecified atom stereocenters. The third-order valence-corrected chi connectivity index (χ3v) is 3.33. The fraction of sp³-hybridized carbons (Fsp3) is 0.357. The third kappa shape index (κ3) is 3.08. The standard InChI is InChI=1S/C14H17ClN2O2/c1-19-14(18)7-10-9-17(6-2-5-16)13-8-11(15)3-4-12(10)13/h3-4,8-9H,2,5-7,16H2,1H3. The first-order chi connectivity index (χ1) is 9.15. The van der Waals surface area contributed by atoms with E-state index in [4.69, 9.17) is 22.1 Å². The van der Waals surface area contributed by atoms with Crippen LogP contribution in [-0.4, -0.2) is 24.2 Å². The van der Waals surface area contributed by atoms with Gasteiger partial charge in [-0.15, -0.1) is 0 Å². The number of aryl methyl sites for hydroxylation is 1. The van der Waals surface area contributed by atoms with Crippen LogP contribution in [0, 0.1) is 0 Å². The molecule has 0 spiro atoms. The molecule has 1 aromatic heterocycles. The Balaban J connectivity index is 2.43. The number of nitrogens with zero attached hydrogens (tertiary/aromatic N) is 1. The SMILES string of the molecule is COC(=O)Cc1cn(CCCN)c2cc(Cl)ccc12. The highest BCUT2D eigenvalue weighted by Gasteiger charge is 2.12. The molecule has 0 amide bonds. The van der Waals surface area contributed by atoms with Gasteiger partial charge in [-0.3, -0.25) is 4.79 Å². The molecule has 1 aromatic carbocycles. The minimum absolute atomic E-state index is 0.243. The fourth-order valence-corrected chi connectivity index (χ4v) is 2.32. The number of rotatable bonds is 5. The quantitative estimate of drug-likeness (QED) is 0.856. The number of methoxy groups -OCH3 is 1. The van der Waals surface area contributed by atoms with Crippen LogP contribution in [0.25, 0.3) is 10.9 Å². The second kappa shape index (κ2) is 6.08. The monoisotopic (exact) mass is 280 g/mol. The van der Waals surface area contributed by atoms with Gasteiger partial charge in [-0.25, -0.2) is 0 Å². The minimum atomic E-state index is -0.243. The van der Waals surface area contributed by atoms with Crippen LogP contribution in [0.1, 0.15) is 12.0 Å². The van der Waals surface area contributed by atoms with E-state index in [1.54, 1.807) is 0 Å². The molecule has 102 valence electrons. The molecule has 0 saturated heterocycles. The summed E-state index contributed by atoms with van der Waals surface area (Å²) in [5, 5.41) is 1.72. The molecular formula is C14H17ClN2O2. The lowest BCUT2D eigenvalue weighted by molar-refractivity contribution is -0.139. The van der Waals surface area contributed by atoms with Crippen molar-refractivity contribution in [2.45, 2.75) is 19.4 Å². The number of hydrogen-bond donors (Lipinski definition) is 1. The first-order valence-corrected chi connectivity index (χ1v) is 6.57. The maximum atomic E-state index is 11.4. The molecule has 5 heteroatoms. The number of hydrogen-bond acceptors (Lipinski definition) is 3. The zero-order chi connectivity index (χ0) is 13.8. The third-order valence-electron chi connectivity index (χ3n) is 3.09. The molecule has 1 heterocycles. The van der Waals surface area contributed by atoms with Gasteiger partial charge in [0, 0.05) is 28.7 Å². The molecule has 0 aliphatic rings. The summed E-state index contributed by atoms with van der Waals surface area (Å²) in [7, 11) is 1.40. The Hall–Kier alpha value is -1.52. The smallest absolute Gasteiger partial charge is 0.310 e. The summed E-state index contributed by atoms with van der Waals surface area (Å²) < 4.78 is 6.81. The van der Waals surface area contributed by atoms with Crippen LogP contribution in [0.5, 0.6) is 0 Å². The summed E-state index contributed by atoms with van der Waals surface area (Å²) in [5.74, 6) is -0.243. The van der Waals surface area contributed by atoms with Gasteiger partial charge in [0.05, 0.1) is 13.5 Å². The molecule has 19 heavy (non-hydrogen) atoms. The second-order valence-corrected chi connectivity index (χ2v) is 4.84. The molecule has 0 radical (unpaired) electrons. The number of ether oxygens (including phenoxy) is 1. The van der Waals surface area contributed by atoms with Gasteiger partial charge in [-0.1, -0.05) is 17.7 Å². The molecule has 0 bridgehead atoms. The number of benzene rings is 1.